The van der Waals surface area contributed by atoms with Gasteiger partial charge in [0.25, 0.3) is 5.91 Å². The van der Waals surface area contributed by atoms with Gasteiger partial charge in [-0.3, -0.25) is 4.79 Å². The van der Waals surface area contributed by atoms with Crippen LogP contribution in [0.2, 0.25) is 0 Å². The highest BCUT2D eigenvalue weighted by atomic mass is 16.1. The Morgan fingerprint density at radius 1 is 1.11 bits per heavy atom. The predicted molar refractivity (Wildman–Crippen MR) is 73.5 cm³/mol. The van der Waals surface area contributed by atoms with Crippen molar-refractivity contribution in [3.63, 3.8) is 0 Å². The third-order valence-electron chi connectivity index (χ3n) is 2.88. The van der Waals surface area contributed by atoms with Crippen LogP contribution in [0.15, 0.2) is 48.5 Å². The van der Waals surface area contributed by atoms with Crippen molar-refractivity contribution in [1.29, 1.82) is 0 Å². The number of rotatable bonds is 3. The average molecular weight is 240 g/mol. The number of hydrogen-bond donors (Lipinski definition) is 2. The number of carbonyl (C=O) groups excluding carboxylic acids is 1. The Labute approximate surface area is 107 Å². The van der Waals surface area contributed by atoms with Crippen molar-refractivity contribution in [2.24, 2.45) is 5.73 Å². The summed E-state index contributed by atoms with van der Waals surface area (Å²) in [6.45, 7) is 2.32. The lowest BCUT2D eigenvalue weighted by Gasteiger charge is -2.10. The van der Waals surface area contributed by atoms with Crippen LogP contribution in [0.25, 0.3) is 0 Å². The Bertz CT molecular complexity index is 564. The SMILES string of the molecule is Cc1ccccc1NC(=O)c1ccccc1CN. The monoisotopic (exact) mass is 240 g/mol. The molecule has 18 heavy (non-hydrogen) atoms. The fourth-order valence-electron chi connectivity index (χ4n) is 1.82. The number of hydrogen-bond acceptors (Lipinski definition) is 2. The van der Waals surface area contributed by atoms with E-state index in [0.717, 1.165) is 16.8 Å². The molecule has 0 radical (unpaired) electrons. The highest BCUT2D eigenvalue weighted by Crippen LogP contribution is 2.16. The second-order valence-electron chi connectivity index (χ2n) is 4.13. The van der Waals surface area contributed by atoms with Crippen molar-refractivity contribution in [3.05, 3.63) is 65.2 Å². The van der Waals surface area contributed by atoms with Crippen LogP contribution in [0.5, 0.6) is 0 Å². The summed E-state index contributed by atoms with van der Waals surface area (Å²) in [7, 11) is 0. The van der Waals surface area contributed by atoms with Gasteiger partial charge in [0, 0.05) is 17.8 Å². The van der Waals surface area contributed by atoms with Crippen LogP contribution in [-0.4, -0.2) is 5.91 Å². The van der Waals surface area contributed by atoms with Crippen molar-refractivity contribution in [2.75, 3.05) is 5.32 Å². The normalized spacial score (nSPS) is 10.1. The van der Waals surface area contributed by atoms with Crippen molar-refractivity contribution < 1.29 is 4.79 Å². The Hall–Kier alpha value is -2.13. The first kappa shape index (κ1) is 12.3. The molecule has 0 fully saturated rings. The molecule has 0 unspecified atom stereocenters. The summed E-state index contributed by atoms with van der Waals surface area (Å²) in [6.07, 6.45) is 0. The van der Waals surface area contributed by atoms with E-state index in [1.807, 2.05) is 49.4 Å². The van der Waals surface area contributed by atoms with Crippen LogP contribution in [0, 0.1) is 6.92 Å². The zero-order valence-electron chi connectivity index (χ0n) is 10.3. The molecule has 1 amide bonds. The lowest BCUT2D eigenvalue weighted by Crippen LogP contribution is -2.16. The van der Waals surface area contributed by atoms with Gasteiger partial charge in [0.1, 0.15) is 0 Å². The molecule has 0 aliphatic rings. The summed E-state index contributed by atoms with van der Waals surface area (Å²) in [5.74, 6) is -0.120. The maximum Gasteiger partial charge on any atom is 0.255 e. The quantitative estimate of drug-likeness (QED) is 0.866. The minimum atomic E-state index is -0.120. The van der Waals surface area contributed by atoms with Gasteiger partial charge in [-0.1, -0.05) is 36.4 Å². The van der Waals surface area contributed by atoms with Gasteiger partial charge in [-0.25, -0.2) is 0 Å². The van der Waals surface area contributed by atoms with Crippen LogP contribution in [0.4, 0.5) is 5.69 Å². The number of benzene rings is 2. The molecule has 0 saturated carbocycles. The first-order valence-corrected chi connectivity index (χ1v) is 5.87. The van der Waals surface area contributed by atoms with Crippen LogP contribution in [0.1, 0.15) is 21.5 Å². The molecule has 0 saturated heterocycles. The van der Waals surface area contributed by atoms with Gasteiger partial charge in [0.2, 0.25) is 0 Å². The first-order chi connectivity index (χ1) is 8.72. The van der Waals surface area contributed by atoms with Gasteiger partial charge in [-0.2, -0.15) is 0 Å². The summed E-state index contributed by atoms with van der Waals surface area (Å²) in [4.78, 5) is 12.2. The fraction of sp³-hybridized carbons (Fsp3) is 0.133. The molecule has 0 aliphatic heterocycles. The molecule has 0 atom stereocenters. The number of anilines is 1. The van der Waals surface area contributed by atoms with E-state index >= 15 is 0 Å². The molecule has 0 aromatic heterocycles. The van der Waals surface area contributed by atoms with Gasteiger partial charge < -0.3 is 11.1 Å². The highest BCUT2D eigenvalue weighted by molar-refractivity contribution is 6.05. The summed E-state index contributed by atoms with van der Waals surface area (Å²) in [5.41, 5.74) is 8.98. The second-order valence-corrected chi connectivity index (χ2v) is 4.13. The Morgan fingerprint density at radius 2 is 1.78 bits per heavy atom. The smallest absolute Gasteiger partial charge is 0.255 e. The van der Waals surface area contributed by atoms with Crippen molar-refractivity contribution in [2.45, 2.75) is 13.5 Å². The van der Waals surface area contributed by atoms with E-state index < -0.39 is 0 Å². The second kappa shape index (κ2) is 5.47. The highest BCUT2D eigenvalue weighted by Gasteiger charge is 2.10. The van der Waals surface area contributed by atoms with Crippen LogP contribution >= 0.6 is 0 Å². The molecule has 0 bridgehead atoms. The number of nitrogens with two attached hydrogens (primary N) is 1. The molecule has 0 heterocycles. The molecule has 2 aromatic rings. The zero-order valence-corrected chi connectivity index (χ0v) is 10.3. The van der Waals surface area contributed by atoms with E-state index in [9.17, 15) is 4.79 Å². The third-order valence-corrected chi connectivity index (χ3v) is 2.88. The molecule has 0 spiro atoms. The van der Waals surface area contributed by atoms with Crippen LogP contribution in [-0.2, 0) is 6.54 Å². The topological polar surface area (TPSA) is 55.1 Å². The standard InChI is InChI=1S/C15H16N2O/c1-11-6-2-5-9-14(11)17-15(18)13-8-4-3-7-12(13)10-16/h2-9H,10,16H2,1H3,(H,17,18). The van der Waals surface area contributed by atoms with E-state index in [4.69, 9.17) is 5.73 Å². The van der Waals surface area contributed by atoms with Crippen molar-refractivity contribution in [1.82, 2.24) is 0 Å². The summed E-state index contributed by atoms with van der Waals surface area (Å²) >= 11 is 0. The van der Waals surface area contributed by atoms with E-state index in [2.05, 4.69) is 5.32 Å². The molecule has 3 nitrogen and oxygen atoms in total. The molecule has 2 rings (SSSR count). The lowest BCUT2D eigenvalue weighted by atomic mass is 10.1. The fourth-order valence-corrected chi connectivity index (χ4v) is 1.82. The molecule has 3 N–H and O–H groups in total. The van der Waals surface area contributed by atoms with Gasteiger partial charge >= 0.3 is 0 Å². The number of amides is 1. The zero-order chi connectivity index (χ0) is 13.0. The largest absolute Gasteiger partial charge is 0.326 e. The van der Waals surface area contributed by atoms with Crippen molar-refractivity contribution >= 4 is 11.6 Å². The summed E-state index contributed by atoms with van der Waals surface area (Å²) in [5, 5.41) is 2.91. The maximum atomic E-state index is 12.2. The first-order valence-electron chi connectivity index (χ1n) is 5.87. The Kier molecular flexibility index (Phi) is 3.75. The van der Waals surface area contributed by atoms with Gasteiger partial charge in [-0.15, -0.1) is 0 Å². The Morgan fingerprint density at radius 3 is 2.50 bits per heavy atom. The number of nitrogens with one attached hydrogen (secondary N) is 1. The molecule has 92 valence electrons. The van der Waals surface area contributed by atoms with Crippen LogP contribution < -0.4 is 11.1 Å². The Balaban J connectivity index is 2.25. The number of para-hydroxylation sites is 1. The third kappa shape index (κ3) is 2.57. The molecule has 3 heteroatoms. The maximum absolute atomic E-state index is 12.2. The number of carbonyl (C=O) groups is 1. The molecule has 0 aliphatic carbocycles. The molecular weight excluding hydrogens is 224 g/mol. The average Bonchev–Trinajstić information content (AvgIpc) is 2.41. The summed E-state index contributed by atoms with van der Waals surface area (Å²) in [6, 6.07) is 15.1. The van der Waals surface area contributed by atoms with E-state index in [0.29, 0.717) is 12.1 Å². The predicted octanol–water partition coefficient (Wildman–Crippen LogP) is 2.71. The summed E-state index contributed by atoms with van der Waals surface area (Å²) < 4.78 is 0. The number of aryl methyl sites for hydroxylation is 1. The van der Waals surface area contributed by atoms with E-state index in [-0.39, 0.29) is 5.91 Å². The van der Waals surface area contributed by atoms with Gasteiger partial charge in [0.15, 0.2) is 0 Å². The molecule has 2 aromatic carbocycles. The molecular formula is C15H16N2O. The van der Waals surface area contributed by atoms with E-state index in [1.54, 1.807) is 6.07 Å². The van der Waals surface area contributed by atoms with Gasteiger partial charge in [-0.05, 0) is 30.2 Å². The van der Waals surface area contributed by atoms with E-state index in [1.165, 1.54) is 0 Å². The van der Waals surface area contributed by atoms with Crippen molar-refractivity contribution in [3.8, 4) is 0 Å². The minimum absolute atomic E-state index is 0.120. The van der Waals surface area contributed by atoms with Crippen LogP contribution in [0.3, 0.4) is 0 Å². The minimum Gasteiger partial charge on any atom is -0.326 e. The lowest BCUT2D eigenvalue weighted by molar-refractivity contribution is 0.102. The van der Waals surface area contributed by atoms with Gasteiger partial charge in [0.05, 0.1) is 0 Å².